The summed E-state index contributed by atoms with van der Waals surface area (Å²) in [6.07, 6.45) is 0. The van der Waals surface area contributed by atoms with E-state index in [1.807, 2.05) is 65.6 Å². The number of amides is 2. The first-order chi connectivity index (χ1) is 16.5. The maximum atomic E-state index is 12.8. The molecule has 1 aromatic heterocycles. The summed E-state index contributed by atoms with van der Waals surface area (Å²) < 4.78 is 0. The van der Waals surface area contributed by atoms with Gasteiger partial charge in [-0.1, -0.05) is 29.8 Å². The minimum Gasteiger partial charge on any atom is -0.368 e. The van der Waals surface area contributed by atoms with Gasteiger partial charge >= 0.3 is 0 Å². The van der Waals surface area contributed by atoms with Crippen molar-refractivity contribution in [1.82, 2.24) is 20.2 Å². The molecule has 2 heterocycles. The lowest BCUT2D eigenvalue weighted by Gasteiger charge is -2.35. The van der Waals surface area contributed by atoms with Gasteiger partial charge in [-0.3, -0.25) is 9.59 Å². The molecule has 1 aliphatic rings. The lowest BCUT2D eigenvalue weighted by Crippen LogP contribution is -2.49. The molecule has 3 aromatic rings. The van der Waals surface area contributed by atoms with Crippen LogP contribution in [-0.4, -0.2) is 66.0 Å². The number of hydrogen-bond donors (Lipinski definition) is 2. The van der Waals surface area contributed by atoms with Crippen molar-refractivity contribution in [2.75, 3.05) is 49.5 Å². The van der Waals surface area contributed by atoms with Crippen LogP contribution in [0.2, 0.25) is 5.02 Å². The first-order valence-corrected chi connectivity index (χ1v) is 11.6. The van der Waals surface area contributed by atoms with E-state index in [0.29, 0.717) is 61.5 Å². The van der Waals surface area contributed by atoms with E-state index in [9.17, 15) is 9.59 Å². The molecule has 2 amide bonds. The highest BCUT2D eigenvalue weighted by atomic mass is 35.5. The second-order valence-electron chi connectivity index (χ2n) is 8.00. The predicted octanol–water partition coefficient (Wildman–Crippen LogP) is 3.31. The predicted molar refractivity (Wildman–Crippen MR) is 134 cm³/mol. The molecule has 34 heavy (non-hydrogen) atoms. The van der Waals surface area contributed by atoms with Crippen LogP contribution in [0.4, 0.5) is 11.6 Å². The van der Waals surface area contributed by atoms with Gasteiger partial charge in [-0.15, -0.1) is 0 Å². The number of aromatic nitrogens is 2. The van der Waals surface area contributed by atoms with Gasteiger partial charge in [0.05, 0.1) is 0 Å². The molecule has 2 aromatic carbocycles. The molecule has 0 bridgehead atoms. The third kappa shape index (κ3) is 6.02. The van der Waals surface area contributed by atoms with Gasteiger partial charge in [-0.25, -0.2) is 9.97 Å². The third-order valence-electron chi connectivity index (χ3n) is 5.53. The Balaban J connectivity index is 1.50. The van der Waals surface area contributed by atoms with E-state index in [-0.39, 0.29) is 11.8 Å². The lowest BCUT2D eigenvalue weighted by molar-refractivity contribution is -0.118. The van der Waals surface area contributed by atoms with Gasteiger partial charge in [-0.2, -0.15) is 0 Å². The van der Waals surface area contributed by atoms with Crippen LogP contribution in [0.5, 0.6) is 0 Å². The zero-order chi connectivity index (χ0) is 23.9. The van der Waals surface area contributed by atoms with E-state index in [4.69, 9.17) is 16.6 Å². The van der Waals surface area contributed by atoms with E-state index in [0.717, 1.165) is 11.4 Å². The van der Waals surface area contributed by atoms with Crippen LogP contribution in [0, 0.1) is 0 Å². The molecule has 2 N–H and O–H groups in total. The molecule has 0 saturated carbocycles. The smallest absolute Gasteiger partial charge is 0.253 e. The number of nitrogens with zero attached hydrogens (tertiary/aromatic N) is 4. The average Bonchev–Trinajstić information content (AvgIpc) is 2.87. The molecule has 1 saturated heterocycles. The van der Waals surface area contributed by atoms with Crippen LogP contribution >= 0.6 is 11.6 Å². The molecule has 0 aliphatic carbocycles. The highest BCUT2D eigenvalue weighted by Gasteiger charge is 2.23. The maximum absolute atomic E-state index is 12.8. The standard InChI is InChI=1S/C25H27ClN6O2/c1-18(33)27-11-12-28-22-17-23(30-24(29-22)19-7-9-21(26)10-8-19)31-13-15-32(16-14-31)25(34)20-5-3-2-4-6-20/h2-10,17H,11-16H2,1H3,(H,27,33)(H,28,29,30). The van der Waals surface area contributed by atoms with Crippen molar-refractivity contribution in [3.05, 3.63) is 71.2 Å². The molecular weight excluding hydrogens is 452 g/mol. The summed E-state index contributed by atoms with van der Waals surface area (Å²) in [5.41, 5.74) is 1.56. The highest BCUT2D eigenvalue weighted by Crippen LogP contribution is 2.25. The number of rotatable bonds is 7. The maximum Gasteiger partial charge on any atom is 0.253 e. The molecule has 0 radical (unpaired) electrons. The van der Waals surface area contributed by atoms with E-state index >= 15 is 0 Å². The third-order valence-corrected chi connectivity index (χ3v) is 5.78. The fraction of sp³-hybridized carbons (Fsp3) is 0.280. The largest absolute Gasteiger partial charge is 0.368 e. The molecule has 4 rings (SSSR count). The molecule has 9 heteroatoms. The molecule has 8 nitrogen and oxygen atoms in total. The Labute approximate surface area is 204 Å². The highest BCUT2D eigenvalue weighted by molar-refractivity contribution is 6.30. The molecular formula is C25H27ClN6O2. The Morgan fingerprint density at radius 2 is 1.65 bits per heavy atom. The van der Waals surface area contributed by atoms with Crippen molar-refractivity contribution in [2.45, 2.75) is 6.92 Å². The Morgan fingerprint density at radius 1 is 0.941 bits per heavy atom. The van der Waals surface area contributed by atoms with E-state index < -0.39 is 0 Å². The summed E-state index contributed by atoms with van der Waals surface area (Å²) in [4.78, 5) is 37.4. The quantitative estimate of drug-likeness (QED) is 0.506. The van der Waals surface area contributed by atoms with Crippen molar-refractivity contribution in [1.29, 1.82) is 0 Å². The number of carbonyl (C=O) groups excluding carboxylic acids is 2. The van der Waals surface area contributed by atoms with Crippen LogP contribution in [0.25, 0.3) is 11.4 Å². The van der Waals surface area contributed by atoms with Crippen LogP contribution < -0.4 is 15.5 Å². The molecule has 0 spiro atoms. The summed E-state index contributed by atoms with van der Waals surface area (Å²) in [5.74, 6) is 2.01. The topological polar surface area (TPSA) is 90.5 Å². The minimum absolute atomic E-state index is 0.0464. The summed E-state index contributed by atoms with van der Waals surface area (Å²) in [6.45, 7) is 5.07. The number of halogens is 1. The van der Waals surface area contributed by atoms with Crippen LogP contribution in [0.3, 0.4) is 0 Å². The Morgan fingerprint density at radius 3 is 2.32 bits per heavy atom. The summed E-state index contributed by atoms with van der Waals surface area (Å²) >= 11 is 6.05. The fourth-order valence-electron chi connectivity index (χ4n) is 3.75. The van der Waals surface area contributed by atoms with Gasteiger partial charge in [0, 0.05) is 68.4 Å². The van der Waals surface area contributed by atoms with E-state index in [2.05, 4.69) is 20.5 Å². The first kappa shape index (κ1) is 23.5. The minimum atomic E-state index is -0.0741. The van der Waals surface area contributed by atoms with Crippen molar-refractivity contribution in [2.24, 2.45) is 0 Å². The monoisotopic (exact) mass is 478 g/mol. The number of nitrogens with one attached hydrogen (secondary N) is 2. The molecule has 176 valence electrons. The Kier molecular flexibility index (Phi) is 7.59. The van der Waals surface area contributed by atoms with Gasteiger partial charge in [0.1, 0.15) is 11.6 Å². The van der Waals surface area contributed by atoms with Crippen molar-refractivity contribution < 1.29 is 9.59 Å². The number of piperazine rings is 1. The number of carbonyl (C=O) groups is 2. The van der Waals surface area contributed by atoms with Gasteiger partial charge < -0.3 is 20.4 Å². The summed E-state index contributed by atoms with van der Waals surface area (Å²) in [6, 6.07) is 18.7. The number of benzene rings is 2. The van der Waals surface area contributed by atoms with Crippen LogP contribution in [0.15, 0.2) is 60.7 Å². The second kappa shape index (κ2) is 11.0. The lowest BCUT2D eigenvalue weighted by atomic mass is 10.2. The van der Waals surface area contributed by atoms with Crippen molar-refractivity contribution in [3.63, 3.8) is 0 Å². The molecule has 1 fully saturated rings. The summed E-state index contributed by atoms with van der Waals surface area (Å²) in [5, 5.41) is 6.68. The first-order valence-electron chi connectivity index (χ1n) is 11.2. The number of anilines is 2. The normalized spacial score (nSPS) is 13.5. The molecule has 0 atom stereocenters. The van der Waals surface area contributed by atoms with Gasteiger partial charge in [0.15, 0.2) is 5.82 Å². The zero-order valence-corrected chi connectivity index (χ0v) is 19.8. The zero-order valence-electron chi connectivity index (χ0n) is 19.0. The fourth-order valence-corrected chi connectivity index (χ4v) is 3.87. The van der Waals surface area contributed by atoms with Gasteiger partial charge in [-0.05, 0) is 36.4 Å². The average molecular weight is 479 g/mol. The van der Waals surface area contributed by atoms with E-state index in [1.165, 1.54) is 6.92 Å². The van der Waals surface area contributed by atoms with E-state index in [1.54, 1.807) is 0 Å². The Bertz CT molecular complexity index is 1130. The summed E-state index contributed by atoms with van der Waals surface area (Å²) in [7, 11) is 0. The second-order valence-corrected chi connectivity index (χ2v) is 8.43. The van der Waals surface area contributed by atoms with Gasteiger partial charge in [0.2, 0.25) is 5.91 Å². The van der Waals surface area contributed by atoms with Crippen molar-refractivity contribution >= 4 is 35.1 Å². The molecule has 0 unspecified atom stereocenters. The Hall–Kier alpha value is -3.65. The molecule has 1 aliphatic heterocycles. The van der Waals surface area contributed by atoms with Crippen LogP contribution in [-0.2, 0) is 4.79 Å². The SMILES string of the molecule is CC(=O)NCCNc1cc(N2CCN(C(=O)c3ccccc3)CC2)nc(-c2ccc(Cl)cc2)n1. The van der Waals surface area contributed by atoms with Gasteiger partial charge in [0.25, 0.3) is 5.91 Å². The van der Waals surface area contributed by atoms with Crippen molar-refractivity contribution in [3.8, 4) is 11.4 Å². The van der Waals surface area contributed by atoms with Crippen LogP contribution in [0.1, 0.15) is 17.3 Å². The number of hydrogen-bond acceptors (Lipinski definition) is 6.